The summed E-state index contributed by atoms with van der Waals surface area (Å²) in [5.41, 5.74) is 2.35. The molecular formula is C18H26N4O2. The molecule has 1 N–H and O–H groups in total. The Balaban J connectivity index is 1.73. The second-order valence-electron chi connectivity index (χ2n) is 6.20. The van der Waals surface area contributed by atoms with Crippen LogP contribution in [0.15, 0.2) is 30.6 Å². The number of H-pyrrole nitrogens is 1. The number of benzene rings is 1. The van der Waals surface area contributed by atoms with Crippen molar-refractivity contribution in [2.24, 2.45) is 0 Å². The summed E-state index contributed by atoms with van der Waals surface area (Å²) in [6, 6.07) is 6.12. The van der Waals surface area contributed by atoms with Gasteiger partial charge in [0.15, 0.2) is 0 Å². The van der Waals surface area contributed by atoms with E-state index in [1.807, 2.05) is 37.9 Å². The average Bonchev–Trinajstić information content (AvgIpc) is 2.98. The summed E-state index contributed by atoms with van der Waals surface area (Å²) in [5.74, 6) is 1.77. The Morgan fingerprint density at radius 1 is 1.21 bits per heavy atom. The maximum absolute atomic E-state index is 12.2. The van der Waals surface area contributed by atoms with Crippen molar-refractivity contribution in [2.45, 2.75) is 20.4 Å². The Bertz CT molecular complexity index is 635. The van der Waals surface area contributed by atoms with Crippen molar-refractivity contribution in [1.82, 2.24) is 19.8 Å². The largest absolute Gasteiger partial charge is 0.492 e. The van der Waals surface area contributed by atoms with Crippen LogP contribution in [0.5, 0.6) is 5.75 Å². The summed E-state index contributed by atoms with van der Waals surface area (Å²) in [5, 5.41) is 0. The predicted octanol–water partition coefficient (Wildman–Crippen LogP) is 2.00. The summed E-state index contributed by atoms with van der Waals surface area (Å²) >= 11 is 0. The zero-order chi connectivity index (χ0) is 17.5. The van der Waals surface area contributed by atoms with E-state index in [0.717, 1.165) is 11.6 Å². The second kappa shape index (κ2) is 8.49. The number of carbonyl (C=O) groups excluding carboxylic acids is 1. The first-order chi connectivity index (χ1) is 11.4. The fourth-order valence-electron chi connectivity index (χ4n) is 2.49. The molecule has 2 aromatic rings. The molecule has 0 aliphatic carbocycles. The van der Waals surface area contributed by atoms with Gasteiger partial charge in [-0.2, -0.15) is 0 Å². The number of nitrogens with one attached hydrogen (secondary N) is 1. The number of hydrogen-bond acceptors (Lipinski definition) is 4. The highest BCUT2D eigenvalue weighted by molar-refractivity contribution is 5.77. The molecule has 1 aromatic heterocycles. The summed E-state index contributed by atoms with van der Waals surface area (Å²) in [6.45, 7) is 6.09. The summed E-state index contributed by atoms with van der Waals surface area (Å²) < 4.78 is 5.76. The van der Waals surface area contributed by atoms with Crippen molar-refractivity contribution >= 4 is 5.91 Å². The van der Waals surface area contributed by atoms with Crippen LogP contribution in [0.25, 0.3) is 0 Å². The number of nitrogens with zero attached hydrogens (tertiary/aromatic N) is 3. The highest BCUT2D eigenvalue weighted by atomic mass is 16.5. The molecule has 0 spiro atoms. The minimum absolute atomic E-state index is 0.0630. The van der Waals surface area contributed by atoms with Crippen LogP contribution in [0.3, 0.4) is 0 Å². The van der Waals surface area contributed by atoms with Crippen molar-refractivity contribution in [1.29, 1.82) is 0 Å². The Kier molecular flexibility index (Phi) is 6.37. The number of aromatic amines is 1. The Hall–Kier alpha value is -2.34. The van der Waals surface area contributed by atoms with Crippen LogP contribution in [0.1, 0.15) is 17.0 Å². The number of aryl methyl sites for hydroxylation is 2. The molecule has 0 aliphatic rings. The first kappa shape index (κ1) is 18.0. The van der Waals surface area contributed by atoms with E-state index in [-0.39, 0.29) is 5.91 Å². The fraction of sp³-hybridized carbons (Fsp3) is 0.444. The molecule has 130 valence electrons. The van der Waals surface area contributed by atoms with Crippen LogP contribution in [-0.4, -0.2) is 59.5 Å². The minimum atomic E-state index is 0.0630. The number of carbonyl (C=O) groups is 1. The third kappa shape index (κ3) is 5.70. The molecule has 0 unspecified atom stereocenters. The topological polar surface area (TPSA) is 61.5 Å². The Morgan fingerprint density at radius 3 is 2.54 bits per heavy atom. The SMILES string of the molecule is Cc1cc(C)cc(OCCN(C)C(=O)CN(C)Cc2ncc[nH]2)c1. The first-order valence-electron chi connectivity index (χ1n) is 8.06. The molecule has 6 heteroatoms. The van der Waals surface area contributed by atoms with Crippen molar-refractivity contribution in [3.05, 3.63) is 47.5 Å². The molecule has 1 amide bonds. The lowest BCUT2D eigenvalue weighted by Crippen LogP contribution is -2.38. The average molecular weight is 330 g/mol. The lowest BCUT2D eigenvalue weighted by atomic mass is 10.1. The minimum Gasteiger partial charge on any atom is -0.492 e. The van der Waals surface area contributed by atoms with Gasteiger partial charge in [-0.05, 0) is 44.2 Å². The van der Waals surface area contributed by atoms with Crippen LogP contribution in [-0.2, 0) is 11.3 Å². The maximum atomic E-state index is 12.2. The molecule has 0 aliphatic heterocycles. The van der Waals surface area contributed by atoms with Gasteiger partial charge in [0.05, 0.1) is 19.6 Å². The quantitative estimate of drug-likeness (QED) is 0.804. The molecule has 0 saturated carbocycles. The summed E-state index contributed by atoms with van der Waals surface area (Å²) in [4.78, 5) is 23.1. The molecule has 0 bridgehead atoms. The fourth-order valence-corrected chi connectivity index (χ4v) is 2.49. The Labute approximate surface area is 143 Å². The highest BCUT2D eigenvalue weighted by Gasteiger charge is 2.12. The smallest absolute Gasteiger partial charge is 0.236 e. The molecule has 24 heavy (non-hydrogen) atoms. The lowest BCUT2D eigenvalue weighted by molar-refractivity contribution is -0.131. The van der Waals surface area contributed by atoms with Gasteiger partial charge in [0, 0.05) is 19.4 Å². The van der Waals surface area contributed by atoms with Crippen LogP contribution in [0.4, 0.5) is 0 Å². The predicted molar refractivity (Wildman–Crippen MR) is 94.0 cm³/mol. The molecule has 0 fully saturated rings. The van der Waals surface area contributed by atoms with Crippen molar-refractivity contribution in [2.75, 3.05) is 33.8 Å². The van der Waals surface area contributed by atoms with E-state index in [9.17, 15) is 4.79 Å². The van der Waals surface area contributed by atoms with Gasteiger partial charge in [0.2, 0.25) is 5.91 Å². The van der Waals surface area contributed by atoms with Gasteiger partial charge in [-0.25, -0.2) is 4.98 Å². The van der Waals surface area contributed by atoms with Gasteiger partial charge in [-0.15, -0.1) is 0 Å². The first-order valence-corrected chi connectivity index (χ1v) is 8.06. The normalized spacial score (nSPS) is 10.9. The van der Waals surface area contributed by atoms with E-state index in [1.54, 1.807) is 24.3 Å². The molecular weight excluding hydrogens is 304 g/mol. The number of amides is 1. The van der Waals surface area contributed by atoms with E-state index in [1.165, 1.54) is 11.1 Å². The third-order valence-electron chi connectivity index (χ3n) is 3.70. The van der Waals surface area contributed by atoms with Gasteiger partial charge in [0.1, 0.15) is 18.2 Å². The molecule has 6 nitrogen and oxygen atoms in total. The second-order valence-corrected chi connectivity index (χ2v) is 6.20. The third-order valence-corrected chi connectivity index (χ3v) is 3.70. The highest BCUT2D eigenvalue weighted by Crippen LogP contribution is 2.16. The molecule has 0 radical (unpaired) electrons. The van der Waals surface area contributed by atoms with Crippen molar-refractivity contribution < 1.29 is 9.53 Å². The molecule has 1 aromatic carbocycles. The van der Waals surface area contributed by atoms with Crippen LogP contribution in [0.2, 0.25) is 0 Å². The van der Waals surface area contributed by atoms with Gasteiger partial charge >= 0.3 is 0 Å². The van der Waals surface area contributed by atoms with E-state index in [0.29, 0.717) is 26.2 Å². The van der Waals surface area contributed by atoms with Gasteiger partial charge in [-0.3, -0.25) is 9.69 Å². The van der Waals surface area contributed by atoms with Gasteiger partial charge in [-0.1, -0.05) is 6.07 Å². The van der Waals surface area contributed by atoms with Crippen LogP contribution >= 0.6 is 0 Å². The molecule has 0 saturated heterocycles. The maximum Gasteiger partial charge on any atom is 0.236 e. The monoisotopic (exact) mass is 330 g/mol. The summed E-state index contributed by atoms with van der Waals surface area (Å²) in [6.07, 6.45) is 3.49. The van der Waals surface area contributed by atoms with Gasteiger partial charge in [0.25, 0.3) is 0 Å². The lowest BCUT2D eigenvalue weighted by Gasteiger charge is -2.21. The number of hydrogen-bond donors (Lipinski definition) is 1. The van der Waals surface area contributed by atoms with Crippen molar-refractivity contribution in [3.63, 3.8) is 0 Å². The number of aromatic nitrogens is 2. The van der Waals surface area contributed by atoms with E-state index >= 15 is 0 Å². The number of imidazole rings is 1. The van der Waals surface area contributed by atoms with Crippen molar-refractivity contribution in [3.8, 4) is 5.75 Å². The molecule has 0 atom stereocenters. The number of rotatable bonds is 8. The van der Waals surface area contributed by atoms with Crippen LogP contribution in [0, 0.1) is 13.8 Å². The number of likely N-dealkylation sites (N-methyl/N-ethyl adjacent to an activating group) is 2. The van der Waals surface area contributed by atoms with E-state index < -0.39 is 0 Å². The Morgan fingerprint density at radius 2 is 1.92 bits per heavy atom. The zero-order valence-electron chi connectivity index (χ0n) is 14.9. The zero-order valence-corrected chi connectivity index (χ0v) is 14.9. The van der Waals surface area contributed by atoms with Gasteiger partial charge < -0.3 is 14.6 Å². The molecule has 2 rings (SSSR count). The number of ether oxygens (including phenoxy) is 1. The van der Waals surface area contributed by atoms with E-state index in [2.05, 4.69) is 16.0 Å². The summed E-state index contributed by atoms with van der Waals surface area (Å²) in [7, 11) is 3.70. The standard InChI is InChI=1S/C18H26N4O2/c1-14-9-15(2)11-16(10-14)24-8-7-22(4)18(23)13-21(3)12-17-19-5-6-20-17/h5-6,9-11H,7-8,12-13H2,1-4H3,(H,19,20). The van der Waals surface area contributed by atoms with E-state index in [4.69, 9.17) is 4.74 Å². The van der Waals surface area contributed by atoms with Crippen LogP contribution < -0.4 is 4.74 Å². The molecule has 1 heterocycles.